The molecule has 0 saturated heterocycles. The molecule has 0 fully saturated rings. The average Bonchev–Trinajstić information content (AvgIpc) is 3.08. The topological polar surface area (TPSA) is 0 Å². The van der Waals surface area contributed by atoms with Gasteiger partial charge in [-0.2, -0.15) is 0 Å². The molecule has 6 rings (SSSR count). The van der Waals surface area contributed by atoms with Crippen LogP contribution in [-0.4, -0.2) is 13.4 Å². The van der Waals surface area contributed by atoms with E-state index in [0.717, 1.165) is 0 Å². The molecule has 0 radical (unpaired) electrons. The molecule has 0 aromatic heterocycles. The molecular formula is C52H56B2. The lowest BCUT2D eigenvalue weighted by Crippen LogP contribution is -2.46. The van der Waals surface area contributed by atoms with E-state index in [2.05, 4.69) is 204 Å². The van der Waals surface area contributed by atoms with Crippen molar-refractivity contribution < 1.29 is 0 Å². The molecule has 0 aliphatic rings. The first-order valence-electron chi connectivity index (χ1n) is 19.6. The van der Waals surface area contributed by atoms with Crippen LogP contribution in [0.15, 0.2) is 109 Å². The van der Waals surface area contributed by atoms with E-state index in [1.165, 1.54) is 111 Å². The molecule has 6 aromatic carbocycles. The number of rotatable bonds is 9. The molecule has 0 unspecified atom stereocenters. The van der Waals surface area contributed by atoms with Gasteiger partial charge in [0.15, 0.2) is 0 Å². The highest BCUT2D eigenvalue weighted by atomic mass is 14.1. The fourth-order valence-corrected chi connectivity index (χ4v) is 9.39. The van der Waals surface area contributed by atoms with Crippen LogP contribution in [0.3, 0.4) is 0 Å². The van der Waals surface area contributed by atoms with Gasteiger partial charge >= 0.3 is 0 Å². The Hall–Kier alpha value is -5.07. The van der Waals surface area contributed by atoms with Crippen LogP contribution in [0.4, 0.5) is 0 Å². The van der Waals surface area contributed by atoms with Crippen LogP contribution in [0.25, 0.3) is 23.3 Å². The van der Waals surface area contributed by atoms with Gasteiger partial charge in [0, 0.05) is 0 Å². The molecule has 270 valence electrons. The highest BCUT2D eigenvalue weighted by Crippen LogP contribution is 2.23. The van der Waals surface area contributed by atoms with Gasteiger partial charge in [-0.1, -0.05) is 198 Å². The van der Waals surface area contributed by atoms with Gasteiger partial charge in [0.05, 0.1) is 0 Å². The van der Waals surface area contributed by atoms with E-state index in [4.69, 9.17) is 0 Å². The third-order valence-corrected chi connectivity index (χ3v) is 11.3. The molecule has 0 bridgehead atoms. The maximum absolute atomic E-state index is 2.41. The maximum Gasteiger partial charge on any atom is 0.235 e. The Morgan fingerprint density at radius 2 is 0.500 bits per heavy atom. The van der Waals surface area contributed by atoms with E-state index in [9.17, 15) is 0 Å². The minimum absolute atomic E-state index is 0.184. The first-order chi connectivity index (χ1) is 25.7. The lowest BCUT2D eigenvalue weighted by Gasteiger charge is -2.22. The summed E-state index contributed by atoms with van der Waals surface area (Å²) in [6.07, 6.45) is 4.62. The Morgan fingerprint density at radius 1 is 0.296 bits per heavy atom. The normalized spacial score (nSPS) is 11.6. The summed E-state index contributed by atoms with van der Waals surface area (Å²) in [5.41, 5.74) is 26.6. The molecule has 0 amide bonds. The standard InChI is InChI=1S/C52H56B2/c1-33-25-37(5)49(38(6)26-33)53(50-39(7)27-34(2)28-40(50)8)23-21-45-13-17-47(18-14-45)48-19-15-46(16-20-48)22-24-54(51-41(9)29-35(3)30-42(51)10)52-43(11)31-36(4)32-44(52)12/h13-32H,1-12H3/b23-21+,24-22+. The monoisotopic (exact) mass is 702 g/mol. The van der Waals surface area contributed by atoms with Crippen LogP contribution in [0.5, 0.6) is 0 Å². The summed E-state index contributed by atoms with van der Waals surface area (Å²) in [5, 5.41) is 0. The highest BCUT2D eigenvalue weighted by molar-refractivity contribution is 6.91. The summed E-state index contributed by atoms with van der Waals surface area (Å²) in [6, 6.07) is 36.7. The number of hydrogen-bond donors (Lipinski definition) is 0. The molecule has 0 atom stereocenters. The largest absolute Gasteiger partial charge is 0.235 e. The van der Waals surface area contributed by atoms with Crippen molar-refractivity contribution in [1.29, 1.82) is 0 Å². The fourth-order valence-electron chi connectivity index (χ4n) is 9.39. The number of hydrogen-bond acceptors (Lipinski definition) is 0. The minimum atomic E-state index is 0.184. The number of aryl methyl sites for hydroxylation is 12. The van der Waals surface area contributed by atoms with E-state index in [1.54, 1.807) is 0 Å². The van der Waals surface area contributed by atoms with E-state index >= 15 is 0 Å². The lowest BCUT2D eigenvalue weighted by atomic mass is 9.37. The number of benzene rings is 6. The Balaban J connectivity index is 1.27. The molecular weight excluding hydrogens is 646 g/mol. The van der Waals surface area contributed by atoms with Crippen LogP contribution >= 0.6 is 0 Å². The van der Waals surface area contributed by atoms with Crippen LogP contribution in [0.2, 0.25) is 0 Å². The van der Waals surface area contributed by atoms with Crippen LogP contribution in [0.1, 0.15) is 77.9 Å². The van der Waals surface area contributed by atoms with Crippen molar-refractivity contribution in [1.82, 2.24) is 0 Å². The predicted molar refractivity (Wildman–Crippen MR) is 243 cm³/mol. The summed E-state index contributed by atoms with van der Waals surface area (Å²) in [7, 11) is 0. The fraction of sp³-hybridized carbons (Fsp3) is 0.231. The first kappa shape index (κ1) is 38.6. The maximum atomic E-state index is 2.41. The zero-order valence-electron chi connectivity index (χ0n) is 34.7. The third kappa shape index (κ3) is 8.34. The molecule has 6 aromatic rings. The second-order valence-electron chi connectivity index (χ2n) is 16.2. The zero-order valence-corrected chi connectivity index (χ0v) is 34.7. The molecule has 0 aliphatic heterocycles. The van der Waals surface area contributed by atoms with Gasteiger partial charge < -0.3 is 0 Å². The van der Waals surface area contributed by atoms with Crippen molar-refractivity contribution in [3.05, 3.63) is 187 Å². The van der Waals surface area contributed by atoms with Gasteiger partial charge in [-0.25, -0.2) is 0 Å². The molecule has 0 spiro atoms. The Labute approximate surface area is 327 Å². The average molecular weight is 703 g/mol. The van der Waals surface area contributed by atoms with Gasteiger partial charge in [0.25, 0.3) is 0 Å². The van der Waals surface area contributed by atoms with E-state index in [-0.39, 0.29) is 13.4 Å². The molecule has 0 N–H and O–H groups in total. The molecule has 0 nitrogen and oxygen atoms in total. The van der Waals surface area contributed by atoms with Crippen molar-refractivity contribution in [3.63, 3.8) is 0 Å². The van der Waals surface area contributed by atoms with E-state index < -0.39 is 0 Å². The Bertz CT molecular complexity index is 2010. The molecule has 2 heteroatoms. The molecule has 54 heavy (non-hydrogen) atoms. The second-order valence-corrected chi connectivity index (χ2v) is 16.2. The smallest absolute Gasteiger partial charge is 0.105 e. The quantitative estimate of drug-likeness (QED) is 0.132. The minimum Gasteiger partial charge on any atom is -0.105 e. The van der Waals surface area contributed by atoms with Crippen molar-refractivity contribution >= 4 is 47.4 Å². The predicted octanol–water partition coefficient (Wildman–Crippen LogP) is 10.8. The van der Waals surface area contributed by atoms with Crippen molar-refractivity contribution in [2.75, 3.05) is 0 Å². The van der Waals surface area contributed by atoms with Crippen LogP contribution in [-0.2, 0) is 0 Å². The summed E-state index contributed by atoms with van der Waals surface area (Å²) < 4.78 is 0. The molecule has 0 saturated carbocycles. The molecule has 0 heterocycles. The molecule has 0 aliphatic carbocycles. The van der Waals surface area contributed by atoms with Gasteiger partial charge in [-0.05, 0) is 105 Å². The van der Waals surface area contributed by atoms with Gasteiger partial charge in [-0.3, -0.25) is 0 Å². The van der Waals surface area contributed by atoms with Gasteiger partial charge in [-0.15, -0.1) is 12.0 Å². The first-order valence-corrected chi connectivity index (χ1v) is 19.6. The summed E-state index contributed by atoms with van der Waals surface area (Å²) >= 11 is 0. The second kappa shape index (κ2) is 16.1. The summed E-state index contributed by atoms with van der Waals surface area (Å²) in [6.45, 7) is 27.3. The van der Waals surface area contributed by atoms with Crippen LogP contribution < -0.4 is 21.9 Å². The van der Waals surface area contributed by atoms with E-state index in [0.29, 0.717) is 0 Å². The Kier molecular flexibility index (Phi) is 11.5. The highest BCUT2D eigenvalue weighted by Gasteiger charge is 2.25. The van der Waals surface area contributed by atoms with Gasteiger partial charge in [0.2, 0.25) is 13.4 Å². The zero-order chi connectivity index (χ0) is 38.8. The van der Waals surface area contributed by atoms with Crippen LogP contribution in [0, 0.1) is 83.1 Å². The Morgan fingerprint density at radius 3 is 0.704 bits per heavy atom. The SMILES string of the molecule is Cc1cc(C)c(B(/C=C/c2ccc(-c3ccc(/C=C/B(c4c(C)cc(C)cc4C)c4c(C)cc(C)cc4C)cc3)cc2)c2c(C)cc(C)cc2C)c(C)c1. The van der Waals surface area contributed by atoms with Gasteiger partial charge in [0.1, 0.15) is 0 Å². The van der Waals surface area contributed by atoms with Crippen molar-refractivity contribution in [2.24, 2.45) is 0 Å². The summed E-state index contributed by atoms with van der Waals surface area (Å²) in [4.78, 5) is 0. The third-order valence-electron chi connectivity index (χ3n) is 11.3. The summed E-state index contributed by atoms with van der Waals surface area (Å²) in [5.74, 6) is 4.83. The van der Waals surface area contributed by atoms with E-state index in [1.807, 2.05) is 0 Å². The van der Waals surface area contributed by atoms with Crippen molar-refractivity contribution in [2.45, 2.75) is 83.1 Å². The lowest BCUT2D eigenvalue weighted by molar-refractivity contribution is 1.34. The van der Waals surface area contributed by atoms with Crippen molar-refractivity contribution in [3.8, 4) is 11.1 Å².